The lowest BCUT2D eigenvalue weighted by Crippen LogP contribution is -2.41. The van der Waals surface area contributed by atoms with Gasteiger partial charge in [0.2, 0.25) is 0 Å². The first-order valence-electron chi connectivity index (χ1n) is 6.75. The van der Waals surface area contributed by atoms with Crippen LogP contribution in [0.3, 0.4) is 0 Å². The molecule has 1 aromatic carbocycles. The monoisotopic (exact) mass is 283 g/mol. The molecule has 2 rings (SSSR count). The minimum atomic E-state index is -0.0585. The summed E-state index contributed by atoms with van der Waals surface area (Å²) in [6, 6.07) is 3.88. The van der Waals surface area contributed by atoms with E-state index >= 15 is 0 Å². The van der Waals surface area contributed by atoms with Gasteiger partial charge < -0.3 is 15.2 Å². The van der Waals surface area contributed by atoms with Crippen molar-refractivity contribution in [3.63, 3.8) is 0 Å². The van der Waals surface area contributed by atoms with Gasteiger partial charge in [0.15, 0.2) is 0 Å². The fraction of sp³-hybridized carbons (Fsp3) is 0.600. The number of halogens is 1. The predicted molar refractivity (Wildman–Crippen MR) is 78.0 cm³/mol. The van der Waals surface area contributed by atoms with Crippen molar-refractivity contribution in [2.45, 2.75) is 38.8 Å². The highest BCUT2D eigenvalue weighted by Crippen LogP contribution is 2.34. The van der Waals surface area contributed by atoms with Crippen LogP contribution in [0.25, 0.3) is 0 Å². The van der Waals surface area contributed by atoms with Crippen LogP contribution in [0.2, 0.25) is 5.02 Å². The van der Waals surface area contributed by atoms with Crippen molar-refractivity contribution in [3.05, 3.63) is 28.3 Å². The molecule has 4 heteroatoms. The standard InChI is InChI=1S/C15H22ClNO2/c1-9(2)14(18-3)13(17)8-11-7-12(16)6-10-4-5-19-15(10)11/h6-7,9,13-14H,4-5,8,17H2,1-3H3. The number of hydrogen-bond donors (Lipinski definition) is 1. The maximum absolute atomic E-state index is 6.28. The number of nitrogens with two attached hydrogens (primary N) is 1. The molecule has 2 unspecified atom stereocenters. The Balaban J connectivity index is 2.19. The summed E-state index contributed by atoms with van der Waals surface area (Å²) in [4.78, 5) is 0. The Morgan fingerprint density at radius 1 is 1.42 bits per heavy atom. The normalized spacial score (nSPS) is 17.2. The second-order valence-electron chi connectivity index (χ2n) is 5.46. The van der Waals surface area contributed by atoms with E-state index in [1.54, 1.807) is 7.11 Å². The highest BCUT2D eigenvalue weighted by atomic mass is 35.5. The summed E-state index contributed by atoms with van der Waals surface area (Å²) >= 11 is 6.16. The molecule has 0 bridgehead atoms. The van der Waals surface area contributed by atoms with Crippen molar-refractivity contribution in [2.75, 3.05) is 13.7 Å². The molecule has 0 spiro atoms. The summed E-state index contributed by atoms with van der Waals surface area (Å²) in [5.74, 6) is 1.35. The van der Waals surface area contributed by atoms with E-state index in [4.69, 9.17) is 26.8 Å². The maximum atomic E-state index is 6.28. The van der Waals surface area contributed by atoms with Gasteiger partial charge in [0, 0.05) is 24.6 Å². The number of rotatable bonds is 5. The largest absolute Gasteiger partial charge is 0.493 e. The van der Waals surface area contributed by atoms with E-state index in [0.717, 1.165) is 35.8 Å². The Morgan fingerprint density at radius 2 is 2.16 bits per heavy atom. The quantitative estimate of drug-likeness (QED) is 0.904. The third-order valence-electron chi connectivity index (χ3n) is 3.63. The molecule has 0 amide bonds. The lowest BCUT2D eigenvalue weighted by molar-refractivity contribution is 0.0440. The van der Waals surface area contributed by atoms with E-state index in [1.807, 2.05) is 12.1 Å². The second-order valence-corrected chi connectivity index (χ2v) is 5.90. The summed E-state index contributed by atoms with van der Waals surface area (Å²) in [6.45, 7) is 4.97. The Kier molecular flexibility index (Phi) is 4.71. The molecule has 2 atom stereocenters. The molecular weight excluding hydrogens is 262 g/mol. The molecule has 1 aliphatic heterocycles. The summed E-state index contributed by atoms with van der Waals surface area (Å²) in [6.07, 6.45) is 1.69. The second kappa shape index (κ2) is 6.12. The van der Waals surface area contributed by atoms with E-state index in [-0.39, 0.29) is 12.1 Å². The van der Waals surface area contributed by atoms with E-state index in [0.29, 0.717) is 5.92 Å². The van der Waals surface area contributed by atoms with Gasteiger partial charge in [-0.15, -0.1) is 0 Å². The fourth-order valence-electron chi connectivity index (χ4n) is 2.81. The molecule has 0 aromatic heterocycles. The van der Waals surface area contributed by atoms with Gasteiger partial charge in [-0.3, -0.25) is 0 Å². The molecule has 0 fully saturated rings. The van der Waals surface area contributed by atoms with E-state index < -0.39 is 0 Å². The Morgan fingerprint density at radius 3 is 2.79 bits per heavy atom. The van der Waals surface area contributed by atoms with Crippen molar-refractivity contribution in [1.29, 1.82) is 0 Å². The van der Waals surface area contributed by atoms with Crippen molar-refractivity contribution in [3.8, 4) is 5.75 Å². The van der Waals surface area contributed by atoms with Crippen LogP contribution in [0, 0.1) is 5.92 Å². The molecule has 0 saturated heterocycles. The molecule has 19 heavy (non-hydrogen) atoms. The molecule has 2 N–H and O–H groups in total. The zero-order valence-electron chi connectivity index (χ0n) is 11.8. The smallest absolute Gasteiger partial charge is 0.125 e. The molecule has 106 valence electrons. The van der Waals surface area contributed by atoms with Crippen LogP contribution in [0.4, 0.5) is 0 Å². The third-order valence-corrected chi connectivity index (χ3v) is 3.85. The number of fused-ring (bicyclic) bond motifs is 1. The Labute approximate surface area is 120 Å². The van der Waals surface area contributed by atoms with Gasteiger partial charge in [-0.05, 0) is 35.6 Å². The summed E-state index contributed by atoms with van der Waals surface area (Å²) in [5, 5.41) is 0.755. The lowest BCUT2D eigenvalue weighted by Gasteiger charge is -2.26. The first-order valence-corrected chi connectivity index (χ1v) is 7.13. The van der Waals surface area contributed by atoms with Crippen molar-refractivity contribution < 1.29 is 9.47 Å². The maximum Gasteiger partial charge on any atom is 0.125 e. The highest BCUT2D eigenvalue weighted by molar-refractivity contribution is 6.30. The fourth-order valence-corrected chi connectivity index (χ4v) is 3.07. The Bertz CT molecular complexity index is 448. The summed E-state index contributed by atoms with van der Waals surface area (Å²) in [5.41, 5.74) is 8.56. The number of benzene rings is 1. The summed E-state index contributed by atoms with van der Waals surface area (Å²) in [7, 11) is 1.71. The minimum Gasteiger partial charge on any atom is -0.493 e. The van der Waals surface area contributed by atoms with Crippen LogP contribution in [-0.2, 0) is 17.6 Å². The third kappa shape index (κ3) is 3.22. The zero-order valence-corrected chi connectivity index (χ0v) is 12.5. The topological polar surface area (TPSA) is 44.5 Å². The number of methoxy groups -OCH3 is 1. The molecule has 0 aliphatic carbocycles. The predicted octanol–water partition coefficient (Wildman–Crippen LogP) is 2.82. The SMILES string of the molecule is COC(C(C)C)C(N)Cc1cc(Cl)cc2c1OCC2. The zero-order chi connectivity index (χ0) is 14.0. The van der Waals surface area contributed by atoms with Crippen molar-refractivity contribution in [2.24, 2.45) is 11.7 Å². The van der Waals surface area contributed by atoms with Crippen LogP contribution in [0.1, 0.15) is 25.0 Å². The van der Waals surface area contributed by atoms with Gasteiger partial charge in [-0.1, -0.05) is 25.4 Å². The first-order chi connectivity index (χ1) is 9.02. The van der Waals surface area contributed by atoms with Gasteiger partial charge in [0.05, 0.1) is 12.7 Å². The van der Waals surface area contributed by atoms with Crippen LogP contribution >= 0.6 is 11.6 Å². The van der Waals surface area contributed by atoms with Gasteiger partial charge in [0.25, 0.3) is 0 Å². The average Bonchev–Trinajstić information content (AvgIpc) is 2.77. The van der Waals surface area contributed by atoms with Crippen LogP contribution < -0.4 is 10.5 Å². The first kappa shape index (κ1) is 14.6. The molecular formula is C15H22ClNO2. The van der Waals surface area contributed by atoms with Gasteiger partial charge >= 0.3 is 0 Å². The van der Waals surface area contributed by atoms with Crippen molar-refractivity contribution in [1.82, 2.24) is 0 Å². The molecule has 1 aromatic rings. The van der Waals surface area contributed by atoms with E-state index in [2.05, 4.69) is 13.8 Å². The average molecular weight is 284 g/mol. The summed E-state index contributed by atoms with van der Waals surface area (Å²) < 4.78 is 11.2. The molecule has 1 aliphatic rings. The van der Waals surface area contributed by atoms with Crippen LogP contribution in [0.5, 0.6) is 5.75 Å². The van der Waals surface area contributed by atoms with Crippen LogP contribution in [0.15, 0.2) is 12.1 Å². The van der Waals surface area contributed by atoms with Crippen LogP contribution in [-0.4, -0.2) is 25.9 Å². The molecule has 0 saturated carbocycles. The van der Waals surface area contributed by atoms with Gasteiger partial charge in [-0.2, -0.15) is 0 Å². The number of hydrogen-bond acceptors (Lipinski definition) is 3. The molecule has 3 nitrogen and oxygen atoms in total. The number of ether oxygens (including phenoxy) is 2. The van der Waals surface area contributed by atoms with Gasteiger partial charge in [0.1, 0.15) is 5.75 Å². The minimum absolute atomic E-state index is 0.0380. The van der Waals surface area contributed by atoms with Gasteiger partial charge in [-0.25, -0.2) is 0 Å². The lowest BCUT2D eigenvalue weighted by atomic mass is 9.93. The van der Waals surface area contributed by atoms with E-state index in [1.165, 1.54) is 5.56 Å². The molecule has 1 heterocycles. The van der Waals surface area contributed by atoms with E-state index in [9.17, 15) is 0 Å². The highest BCUT2D eigenvalue weighted by Gasteiger charge is 2.24. The molecule has 0 radical (unpaired) electrons. The van der Waals surface area contributed by atoms with Crippen molar-refractivity contribution >= 4 is 11.6 Å². The Hall–Kier alpha value is -0.770.